The number of carbonyl (C=O) groups is 1. The van der Waals surface area contributed by atoms with Crippen LogP contribution >= 0.6 is 0 Å². The van der Waals surface area contributed by atoms with Crippen LogP contribution in [0.25, 0.3) is 5.65 Å². The predicted molar refractivity (Wildman–Crippen MR) is 82.4 cm³/mol. The van der Waals surface area contributed by atoms with Crippen molar-refractivity contribution in [3.05, 3.63) is 71.4 Å². The fourth-order valence-corrected chi connectivity index (χ4v) is 2.44. The molecule has 0 saturated heterocycles. The highest BCUT2D eigenvalue weighted by Gasteiger charge is 2.15. The molecule has 0 aliphatic heterocycles. The van der Waals surface area contributed by atoms with Crippen molar-refractivity contribution in [1.82, 2.24) is 14.7 Å². The van der Waals surface area contributed by atoms with Crippen LogP contribution in [0.4, 0.5) is 4.39 Å². The first-order valence-corrected chi connectivity index (χ1v) is 7.11. The van der Waals surface area contributed by atoms with Gasteiger partial charge in [-0.25, -0.2) is 9.37 Å². The molecule has 0 radical (unpaired) electrons. The first-order valence-electron chi connectivity index (χ1n) is 7.11. The third-order valence-corrected chi connectivity index (χ3v) is 3.53. The van der Waals surface area contributed by atoms with E-state index in [9.17, 15) is 9.18 Å². The molecule has 0 atom stereocenters. The molecule has 0 unspecified atom stereocenters. The van der Waals surface area contributed by atoms with Gasteiger partial charge in [-0.05, 0) is 43.2 Å². The number of hydrogen-bond acceptors (Lipinski definition) is 2. The lowest BCUT2D eigenvalue weighted by Crippen LogP contribution is -2.27. The van der Waals surface area contributed by atoms with Gasteiger partial charge in [-0.3, -0.25) is 9.20 Å². The lowest BCUT2D eigenvalue weighted by molar-refractivity contribution is 0.0947. The lowest BCUT2D eigenvalue weighted by atomic mass is 10.1. The van der Waals surface area contributed by atoms with Gasteiger partial charge in [0, 0.05) is 12.7 Å². The molecule has 0 aliphatic rings. The van der Waals surface area contributed by atoms with Gasteiger partial charge < -0.3 is 5.32 Å². The Morgan fingerprint density at radius 2 is 2.00 bits per heavy atom. The molecule has 0 bridgehead atoms. The van der Waals surface area contributed by atoms with Crippen LogP contribution in [0, 0.1) is 12.7 Å². The molecule has 0 spiro atoms. The summed E-state index contributed by atoms with van der Waals surface area (Å²) in [7, 11) is 0. The van der Waals surface area contributed by atoms with Gasteiger partial charge >= 0.3 is 0 Å². The molecule has 1 N–H and O–H groups in total. The largest absolute Gasteiger partial charge is 0.350 e. The second kappa shape index (κ2) is 5.97. The molecular weight excluding hydrogens is 281 g/mol. The zero-order valence-corrected chi connectivity index (χ0v) is 12.2. The molecule has 4 nitrogen and oxygen atoms in total. The summed E-state index contributed by atoms with van der Waals surface area (Å²) in [6, 6.07) is 11.9. The maximum absolute atomic E-state index is 12.8. The molecule has 0 aliphatic carbocycles. The lowest BCUT2D eigenvalue weighted by Gasteiger charge is -2.06. The van der Waals surface area contributed by atoms with Crippen molar-refractivity contribution in [1.29, 1.82) is 0 Å². The first kappa shape index (κ1) is 14.3. The summed E-state index contributed by atoms with van der Waals surface area (Å²) in [5.41, 5.74) is 2.99. The zero-order chi connectivity index (χ0) is 15.5. The Bertz CT molecular complexity index is 808. The summed E-state index contributed by atoms with van der Waals surface area (Å²) in [4.78, 5) is 16.7. The van der Waals surface area contributed by atoms with E-state index in [4.69, 9.17) is 0 Å². The SMILES string of the molecule is Cc1nc2ccccn2c1C(=O)NCCc1ccc(F)cc1. The predicted octanol–water partition coefficient (Wildman–Crippen LogP) is 2.75. The Morgan fingerprint density at radius 1 is 1.23 bits per heavy atom. The molecule has 112 valence electrons. The summed E-state index contributed by atoms with van der Waals surface area (Å²) >= 11 is 0. The zero-order valence-electron chi connectivity index (χ0n) is 12.2. The number of hydrogen-bond donors (Lipinski definition) is 1. The van der Waals surface area contributed by atoms with Crippen LogP contribution < -0.4 is 5.32 Å². The van der Waals surface area contributed by atoms with Gasteiger partial charge in [-0.15, -0.1) is 0 Å². The second-order valence-corrected chi connectivity index (χ2v) is 5.11. The monoisotopic (exact) mass is 297 g/mol. The molecule has 5 heteroatoms. The van der Waals surface area contributed by atoms with Crippen LogP contribution in [0.2, 0.25) is 0 Å². The minimum atomic E-state index is -0.255. The number of nitrogens with zero attached hydrogens (tertiary/aromatic N) is 2. The Kier molecular flexibility index (Phi) is 3.87. The van der Waals surface area contributed by atoms with E-state index in [0.29, 0.717) is 24.4 Å². The van der Waals surface area contributed by atoms with E-state index in [-0.39, 0.29) is 11.7 Å². The molecule has 2 aromatic heterocycles. The van der Waals surface area contributed by atoms with E-state index >= 15 is 0 Å². The van der Waals surface area contributed by atoms with Crippen LogP contribution in [0.5, 0.6) is 0 Å². The van der Waals surface area contributed by atoms with Crippen LogP contribution in [-0.4, -0.2) is 21.8 Å². The fourth-order valence-electron chi connectivity index (χ4n) is 2.44. The number of amides is 1. The number of halogens is 1. The van der Waals surface area contributed by atoms with Crippen molar-refractivity contribution in [2.75, 3.05) is 6.54 Å². The van der Waals surface area contributed by atoms with E-state index in [0.717, 1.165) is 11.2 Å². The quantitative estimate of drug-likeness (QED) is 0.805. The molecule has 3 aromatic rings. The van der Waals surface area contributed by atoms with Crippen LogP contribution in [0.15, 0.2) is 48.7 Å². The highest BCUT2D eigenvalue weighted by molar-refractivity contribution is 5.94. The standard InChI is InChI=1S/C17H16FN3O/c1-12-16(21-11-3-2-4-15(21)20-12)17(22)19-10-9-13-5-7-14(18)8-6-13/h2-8,11H,9-10H2,1H3,(H,19,22). The number of imidazole rings is 1. The van der Waals surface area contributed by atoms with Crippen molar-refractivity contribution in [3.8, 4) is 0 Å². The number of nitrogens with one attached hydrogen (secondary N) is 1. The summed E-state index contributed by atoms with van der Waals surface area (Å²) in [6.07, 6.45) is 2.48. The topological polar surface area (TPSA) is 46.4 Å². The summed E-state index contributed by atoms with van der Waals surface area (Å²) < 4.78 is 14.6. The maximum Gasteiger partial charge on any atom is 0.270 e. The molecule has 0 saturated carbocycles. The summed E-state index contributed by atoms with van der Waals surface area (Å²) in [5, 5.41) is 2.89. The normalized spacial score (nSPS) is 10.8. The first-order chi connectivity index (χ1) is 10.6. The molecule has 22 heavy (non-hydrogen) atoms. The van der Waals surface area contributed by atoms with Crippen molar-refractivity contribution in [2.45, 2.75) is 13.3 Å². The summed E-state index contributed by atoms with van der Waals surface area (Å²) in [5.74, 6) is -0.410. The average molecular weight is 297 g/mol. The van der Waals surface area contributed by atoms with E-state index in [2.05, 4.69) is 10.3 Å². The number of pyridine rings is 1. The van der Waals surface area contributed by atoms with Gasteiger partial charge in [0.25, 0.3) is 5.91 Å². The van der Waals surface area contributed by atoms with Gasteiger partial charge in [0.15, 0.2) is 0 Å². The molecule has 1 amide bonds. The van der Waals surface area contributed by atoms with Crippen molar-refractivity contribution in [3.63, 3.8) is 0 Å². The third-order valence-electron chi connectivity index (χ3n) is 3.53. The number of aromatic nitrogens is 2. The number of rotatable bonds is 4. The Morgan fingerprint density at radius 3 is 2.77 bits per heavy atom. The van der Waals surface area contributed by atoms with E-state index in [1.807, 2.05) is 31.3 Å². The average Bonchev–Trinajstić information content (AvgIpc) is 2.85. The minimum absolute atomic E-state index is 0.154. The Balaban J connectivity index is 1.68. The van der Waals surface area contributed by atoms with Crippen molar-refractivity contribution < 1.29 is 9.18 Å². The van der Waals surface area contributed by atoms with Gasteiger partial charge in [0.1, 0.15) is 17.2 Å². The number of aryl methyl sites for hydroxylation is 1. The van der Waals surface area contributed by atoms with Crippen molar-refractivity contribution in [2.24, 2.45) is 0 Å². The maximum atomic E-state index is 12.8. The molecule has 0 fully saturated rings. The van der Waals surface area contributed by atoms with Crippen LogP contribution in [0.1, 0.15) is 21.7 Å². The van der Waals surface area contributed by atoms with Gasteiger partial charge in [-0.1, -0.05) is 18.2 Å². The van der Waals surface area contributed by atoms with Crippen LogP contribution in [0.3, 0.4) is 0 Å². The Labute approximate surface area is 127 Å². The molecular formula is C17H16FN3O. The second-order valence-electron chi connectivity index (χ2n) is 5.11. The van der Waals surface area contributed by atoms with Gasteiger partial charge in [0.2, 0.25) is 0 Å². The smallest absolute Gasteiger partial charge is 0.270 e. The Hall–Kier alpha value is -2.69. The van der Waals surface area contributed by atoms with Crippen molar-refractivity contribution >= 4 is 11.6 Å². The summed E-state index contributed by atoms with van der Waals surface area (Å²) in [6.45, 7) is 2.31. The number of carbonyl (C=O) groups excluding carboxylic acids is 1. The highest BCUT2D eigenvalue weighted by atomic mass is 19.1. The molecule has 2 heterocycles. The number of fused-ring (bicyclic) bond motifs is 1. The molecule has 1 aromatic carbocycles. The van der Waals surface area contributed by atoms with Crippen LogP contribution in [-0.2, 0) is 6.42 Å². The van der Waals surface area contributed by atoms with Gasteiger partial charge in [0.05, 0.1) is 5.69 Å². The molecule has 3 rings (SSSR count). The van der Waals surface area contributed by atoms with Gasteiger partial charge in [-0.2, -0.15) is 0 Å². The highest BCUT2D eigenvalue weighted by Crippen LogP contribution is 2.11. The fraction of sp³-hybridized carbons (Fsp3) is 0.176. The third kappa shape index (κ3) is 2.83. The van der Waals surface area contributed by atoms with E-state index in [1.54, 1.807) is 16.5 Å². The minimum Gasteiger partial charge on any atom is -0.350 e. The van der Waals surface area contributed by atoms with E-state index < -0.39 is 0 Å². The number of benzene rings is 1. The van der Waals surface area contributed by atoms with E-state index in [1.165, 1.54) is 12.1 Å².